The lowest BCUT2D eigenvalue weighted by Crippen LogP contribution is -1.97. The van der Waals surface area contributed by atoms with E-state index in [0.29, 0.717) is 15.9 Å². The molecule has 0 aliphatic heterocycles. The number of nitrogens with one attached hydrogen (secondary N) is 1. The van der Waals surface area contributed by atoms with Crippen LogP contribution in [0.25, 0.3) is 11.3 Å². The molecule has 1 aromatic heterocycles. The van der Waals surface area contributed by atoms with Gasteiger partial charge in [0.2, 0.25) is 0 Å². The van der Waals surface area contributed by atoms with Crippen LogP contribution >= 0.6 is 15.9 Å². The van der Waals surface area contributed by atoms with Gasteiger partial charge < -0.3 is 9.84 Å². The van der Waals surface area contributed by atoms with Crippen molar-refractivity contribution in [2.45, 2.75) is 13.3 Å². The van der Waals surface area contributed by atoms with Gasteiger partial charge in [0.1, 0.15) is 11.4 Å². The van der Waals surface area contributed by atoms with Crippen molar-refractivity contribution >= 4 is 21.9 Å². The number of aromatic carboxylic acids is 1. The lowest BCUT2D eigenvalue weighted by molar-refractivity contribution is 0.0689. The van der Waals surface area contributed by atoms with E-state index in [4.69, 9.17) is 9.84 Å². The molecule has 0 radical (unpaired) electrons. The fourth-order valence-electron chi connectivity index (χ4n) is 1.81. The Morgan fingerprint density at radius 2 is 2.26 bits per heavy atom. The van der Waals surface area contributed by atoms with Gasteiger partial charge >= 0.3 is 5.97 Å². The van der Waals surface area contributed by atoms with Crippen LogP contribution in [-0.4, -0.2) is 28.4 Å². The third-order valence-electron chi connectivity index (χ3n) is 2.85. The molecule has 2 N–H and O–H groups in total. The molecule has 1 aromatic carbocycles. The summed E-state index contributed by atoms with van der Waals surface area (Å²) in [5.41, 5.74) is 2.45. The fourth-order valence-corrected chi connectivity index (χ4v) is 2.37. The molecule has 19 heavy (non-hydrogen) atoms. The predicted molar refractivity (Wildman–Crippen MR) is 74.6 cm³/mol. The molecule has 0 saturated carbocycles. The van der Waals surface area contributed by atoms with E-state index in [-0.39, 0.29) is 5.69 Å². The normalized spacial score (nSPS) is 10.5. The van der Waals surface area contributed by atoms with E-state index in [0.717, 1.165) is 17.5 Å². The van der Waals surface area contributed by atoms with Gasteiger partial charge in [-0.05, 0) is 40.0 Å². The second-order valence-corrected chi connectivity index (χ2v) is 4.75. The number of aryl methyl sites for hydroxylation is 1. The zero-order valence-corrected chi connectivity index (χ0v) is 12.1. The van der Waals surface area contributed by atoms with Gasteiger partial charge in [0.25, 0.3) is 0 Å². The van der Waals surface area contributed by atoms with Crippen LogP contribution in [-0.2, 0) is 6.42 Å². The first-order valence-electron chi connectivity index (χ1n) is 5.72. The van der Waals surface area contributed by atoms with Gasteiger partial charge in [-0.15, -0.1) is 0 Å². The molecule has 100 valence electrons. The number of halogens is 1. The van der Waals surface area contributed by atoms with Crippen molar-refractivity contribution in [3.63, 3.8) is 0 Å². The Balaban J connectivity index is 2.60. The summed E-state index contributed by atoms with van der Waals surface area (Å²) in [6.07, 6.45) is 0.880. The van der Waals surface area contributed by atoms with Crippen LogP contribution < -0.4 is 4.74 Å². The number of carbonyl (C=O) groups is 1. The van der Waals surface area contributed by atoms with Crippen LogP contribution in [0.5, 0.6) is 5.75 Å². The van der Waals surface area contributed by atoms with Crippen molar-refractivity contribution in [3.05, 3.63) is 33.9 Å². The molecule has 6 heteroatoms. The highest BCUT2D eigenvalue weighted by Crippen LogP contribution is 2.35. The number of nitrogens with zero attached hydrogens (tertiary/aromatic N) is 1. The Kier molecular flexibility index (Phi) is 3.90. The van der Waals surface area contributed by atoms with Crippen molar-refractivity contribution in [3.8, 4) is 17.0 Å². The van der Waals surface area contributed by atoms with Crippen molar-refractivity contribution in [2.75, 3.05) is 7.11 Å². The molecule has 0 fully saturated rings. The number of aromatic amines is 1. The molecule has 0 unspecified atom stereocenters. The number of aromatic nitrogens is 2. The molecule has 1 heterocycles. The third-order valence-corrected chi connectivity index (χ3v) is 3.62. The van der Waals surface area contributed by atoms with Gasteiger partial charge in [-0.2, -0.15) is 5.10 Å². The first kappa shape index (κ1) is 13.6. The Hall–Kier alpha value is -1.82. The highest BCUT2D eigenvalue weighted by Gasteiger charge is 2.20. The smallest absolute Gasteiger partial charge is 0.355 e. The Morgan fingerprint density at radius 1 is 1.53 bits per heavy atom. The molecule has 2 aromatic rings. The minimum Gasteiger partial charge on any atom is -0.496 e. The molecule has 0 saturated heterocycles. The SMILES string of the molecule is CCc1ccc(OC)c(-c2n[nH]c(C(=O)O)c2Br)c1. The van der Waals surface area contributed by atoms with E-state index in [1.165, 1.54) is 0 Å². The second-order valence-electron chi connectivity index (χ2n) is 3.95. The van der Waals surface area contributed by atoms with E-state index in [9.17, 15) is 4.79 Å². The van der Waals surface area contributed by atoms with Crippen LogP contribution in [0.1, 0.15) is 23.0 Å². The maximum Gasteiger partial charge on any atom is 0.355 e. The first-order chi connectivity index (χ1) is 9.08. The molecule has 2 rings (SSSR count). The number of hydrogen-bond donors (Lipinski definition) is 2. The van der Waals surface area contributed by atoms with E-state index in [1.807, 2.05) is 25.1 Å². The molecule has 0 spiro atoms. The number of carboxylic acid groups (broad SMARTS) is 1. The molecule has 0 bridgehead atoms. The van der Waals surface area contributed by atoms with Crippen LogP contribution in [0.4, 0.5) is 0 Å². The molecule has 0 aliphatic rings. The number of hydrogen-bond acceptors (Lipinski definition) is 3. The number of H-pyrrole nitrogens is 1. The van der Waals surface area contributed by atoms with Crippen LogP contribution in [0.2, 0.25) is 0 Å². The lowest BCUT2D eigenvalue weighted by atomic mass is 10.0. The Labute approximate surface area is 118 Å². The molecule has 0 amide bonds. The quantitative estimate of drug-likeness (QED) is 0.906. The Bertz CT molecular complexity index is 622. The van der Waals surface area contributed by atoms with Crippen molar-refractivity contribution < 1.29 is 14.6 Å². The largest absolute Gasteiger partial charge is 0.496 e. The average molecular weight is 325 g/mol. The maximum absolute atomic E-state index is 11.0. The number of methoxy groups -OCH3 is 1. The summed E-state index contributed by atoms with van der Waals surface area (Å²) >= 11 is 3.27. The molecule has 5 nitrogen and oxygen atoms in total. The summed E-state index contributed by atoms with van der Waals surface area (Å²) in [4.78, 5) is 11.0. The number of benzene rings is 1. The summed E-state index contributed by atoms with van der Waals surface area (Å²) in [5, 5.41) is 15.6. The number of rotatable bonds is 4. The second kappa shape index (κ2) is 5.44. The number of carboxylic acids is 1. The van der Waals surface area contributed by atoms with Gasteiger partial charge in [-0.3, -0.25) is 5.10 Å². The third kappa shape index (κ3) is 2.49. The van der Waals surface area contributed by atoms with E-state index < -0.39 is 5.97 Å². The van der Waals surface area contributed by atoms with Crippen LogP contribution in [0.3, 0.4) is 0 Å². The summed E-state index contributed by atoms with van der Waals surface area (Å²) in [6.45, 7) is 2.05. The minimum atomic E-state index is -1.06. The zero-order chi connectivity index (χ0) is 14.0. The van der Waals surface area contributed by atoms with E-state index in [1.54, 1.807) is 7.11 Å². The molecular weight excluding hydrogens is 312 g/mol. The first-order valence-corrected chi connectivity index (χ1v) is 6.52. The van der Waals surface area contributed by atoms with Gasteiger partial charge in [-0.25, -0.2) is 4.79 Å². The van der Waals surface area contributed by atoms with E-state index >= 15 is 0 Å². The van der Waals surface area contributed by atoms with Gasteiger partial charge in [0.15, 0.2) is 5.69 Å². The molecular formula is C13H13BrN2O3. The standard InChI is InChI=1S/C13H13BrN2O3/c1-3-7-4-5-9(19-2)8(6-7)11-10(14)12(13(17)18)16-15-11/h4-6H,3H2,1-2H3,(H,15,16)(H,17,18). The van der Waals surface area contributed by atoms with Crippen molar-refractivity contribution in [2.24, 2.45) is 0 Å². The fraction of sp³-hybridized carbons (Fsp3) is 0.231. The van der Waals surface area contributed by atoms with Gasteiger partial charge in [0.05, 0.1) is 11.6 Å². The monoisotopic (exact) mass is 324 g/mol. The summed E-state index contributed by atoms with van der Waals surface area (Å²) < 4.78 is 5.72. The number of ether oxygens (including phenoxy) is 1. The predicted octanol–water partition coefficient (Wildman–Crippen LogP) is 3.11. The summed E-state index contributed by atoms with van der Waals surface area (Å²) in [5.74, 6) is -0.405. The maximum atomic E-state index is 11.0. The van der Waals surface area contributed by atoms with Crippen molar-refractivity contribution in [1.29, 1.82) is 0 Å². The van der Waals surface area contributed by atoms with Crippen LogP contribution in [0, 0.1) is 0 Å². The van der Waals surface area contributed by atoms with Crippen molar-refractivity contribution in [1.82, 2.24) is 10.2 Å². The zero-order valence-electron chi connectivity index (χ0n) is 10.5. The topological polar surface area (TPSA) is 75.2 Å². The highest BCUT2D eigenvalue weighted by molar-refractivity contribution is 9.10. The van der Waals surface area contributed by atoms with Crippen LogP contribution in [0.15, 0.2) is 22.7 Å². The summed E-state index contributed by atoms with van der Waals surface area (Å²) in [7, 11) is 1.57. The van der Waals surface area contributed by atoms with Gasteiger partial charge in [0, 0.05) is 5.56 Å². The van der Waals surface area contributed by atoms with Gasteiger partial charge in [-0.1, -0.05) is 13.0 Å². The average Bonchev–Trinajstić information content (AvgIpc) is 2.79. The minimum absolute atomic E-state index is 0.0268. The Morgan fingerprint density at radius 3 is 2.79 bits per heavy atom. The lowest BCUT2D eigenvalue weighted by Gasteiger charge is -2.08. The molecule has 0 atom stereocenters. The van der Waals surface area contributed by atoms with E-state index in [2.05, 4.69) is 26.1 Å². The highest BCUT2D eigenvalue weighted by atomic mass is 79.9. The summed E-state index contributed by atoms with van der Waals surface area (Å²) in [6, 6.07) is 5.78. The molecule has 0 aliphatic carbocycles.